The van der Waals surface area contributed by atoms with Gasteiger partial charge in [0, 0.05) is 12.0 Å². The van der Waals surface area contributed by atoms with Gasteiger partial charge < -0.3 is 9.73 Å². The van der Waals surface area contributed by atoms with Crippen molar-refractivity contribution in [2.24, 2.45) is 0 Å². The van der Waals surface area contributed by atoms with Gasteiger partial charge in [-0.15, -0.1) is 0 Å². The minimum Gasteiger partial charge on any atom is -0.444 e. The van der Waals surface area contributed by atoms with Crippen molar-refractivity contribution >= 4 is 9.84 Å². The largest absolute Gasteiger partial charge is 0.444 e. The summed E-state index contributed by atoms with van der Waals surface area (Å²) < 4.78 is 28.3. The van der Waals surface area contributed by atoms with Crippen molar-refractivity contribution in [3.05, 3.63) is 17.8 Å². The summed E-state index contributed by atoms with van der Waals surface area (Å²) in [7, 11) is -2.86. The van der Waals surface area contributed by atoms with Crippen LogP contribution in [-0.2, 0) is 16.4 Å². The predicted molar refractivity (Wildman–Crippen MR) is 64.5 cm³/mol. The fourth-order valence-electron chi connectivity index (χ4n) is 1.91. The van der Waals surface area contributed by atoms with E-state index in [0.29, 0.717) is 30.7 Å². The Morgan fingerprint density at radius 2 is 2.35 bits per heavy atom. The van der Waals surface area contributed by atoms with Crippen LogP contribution >= 0.6 is 0 Å². The van der Waals surface area contributed by atoms with Crippen LogP contribution in [0.3, 0.4) is 0 Å². The van der Waals surface area contributed by atoms with Gasteiger partial charge in [0.2, 0.25) is 5.89 Å². The first-order valence-corrected chi connectivity index (χ1v) is 7.67. The Labute approximate surface area is 102 Å². The van der Waals surface area contributed by atoms with Gasteiger partial charge in [-0.05, 0) is 6.42 Å². The summed E-state index contributed by atoms with van der Waals surface area (Å²) in [6, 6.07) is 0.372. The molecule has 0 bridgehead atoms. The molecule has 0 saturated carbocycles. The van der Waals surface area contributed by atoms with Crippen LogP contribution in [0.15, 0.2) is 10.6 Å². The zero-order valence-electron chi connectivity index (χ0n) is 10.1. The van der Waals surface area contributed by atoms with Gasteiger partial charge in [-0.25, -0.2) is 13.4 Å². The predicted octanol–water partition coefficient (Wildman–Crippen LogP) is 1.07. The highest BCUT2D eigenvalue weighted by Crippen LogP contribution is 2.29. The number of nitrogens with zero attached hydrogens (tertiary/aromatic N) is 1. The molecule has 2 rings (SSSR count). The average Bonchev–Trinajstić information content (AvgIpc) is 2.81. The lowest BCUT2D eigenvalue weighted by Crippen LogP contribution is -2.21. The molecule has 1 saturated heterocycles. The lowest BCUT2D eigenvalue weighted by atomic mass is 10.1. The number of hydrogen-bond donors (Lipinski definition) is 1. The Morgan fingerprint density at radius 3 is 2.94 bits per heavy atom. The molecule has 1 aliphatic rings. The van der Waals surface area contributed by atoms with Crippen molar-refractivity contribution in [2.75, 3.05) is 11.5 Å². The molecule has 1 fully saturated rings. The van der Waals surface area contributed by atoms with E-state index in [-0.39, 0.29) is 17.4 Å². The smallest absolute Gasteiger partial charge is 0.208 e. The Morgan fingerprint density at radius 1 is 1.59 bits per heavy atom. The van der Waals surface area contributed by atoms with Crippen molar-refractivity contribution in [1.29, 1.82) is 0 Å². The number of nitrogens with one attached hydrogen (secondary N) is 1. The van der Waals surface area contributed by atoms with Gasteiger partial charge >= 0.3 is 0 Å². The first-order valence-electron chi connectivity index (χ1n) is 5.85. The van der Waals surface area contributed by atoms with Gasteiger partial charge in [-0.3, -0.25) is 0 Å². The van der Waals surface area contributed by atoms with Crippen LogP contribution in [0, 0.1) is 0 Å². The number of aromatic nitrogens is 1. The lowest BCUT2D eigenvalue weighted by Gasteiger charge is -2.05. The molecule has 96 valence electrons. The molecule has 17 heavy (non-hydrogen) atoms. The van der Waals surface area contributed by atoms with E-state index in [1.807, 2.05) is 13.8 Å². The van der Waals surface area contributed by atoms with Crippen molar-refractivity contribution in [2.45, 2.75) is 38.8 Å². The Hall–Kier alpha value is -0.880. The summed E-state index contributed by atoms with van der Waals surface area (Å²) in [5.74, 6) is 1.77. The molecule has 1 atom stereocenters. The van der Waals surface area contributed by atoms with Crippen LogP contribution in [0.1, 0.15) is 37.8 Å². The molecule has 0 aromatic carbocycles. The standard InChI is InChI=1S/C11H18N2O3S/c1-8(2)12-6-11-13-5-10(16-11)9-3-4-17(14,15)7-9/h5,8-9,12H,3-4,6-7H2,1-2H3. The summed E-state index contributed by atoms with van der Waals surface area (Å²) in [4.78, 5) is 4.16. The molecule has 0 amide bonds. The van der Waals surface area contributed by atoms with Crippen LogP contribution in [-0.4, -0.2) is 30.9 Å². The third-order valence-electron chi connectivity index (χ3n) is 2.87. The maximum Gasteiger partial charge on any atom is 0.208 e. The van der Waals surface area contributed by atoms with E-state index < -0.39 is 9.84 Å². The Bertz CT molecular complexity index is 479. The molecule has 1 N–H and O–H groups in total. The summed E-state index contributed by atoms with van der Waals surface area (Å²) in [6.45, 7) is 4.68. The molecule has 1 aromatic rings. The number of rotatable bonds is 4. The lowest BCUT2D eigenvalue weighted by molar-refractivity contribution is 0.409. The van der Waals surface area contributed by atoms with E-state index in [9.17, 15) is 8.42 Å². The van der Waals surface area contributed by atoms with Crippen LogP contribution in [0.25, 0.3) is 0 Å². The van der Waals surface area contributed by atoms with E-state index in [1.54, 1.807) is 6.20 Å². The molecule has 1 aromatic heterocycles. The second kappa shape index (κ2) is 4.78. The monoisotopic (exact) mass is 258 g/mol. The fourth-order valence-corrected chi connectivity index (χ4v) is 3.66. The quantitative estimate of drug-likeness (QED) is 0.874. The van der Waals surface area contributed by atoms with Crippen LogP contribution in [0.2, 0.25) is 0 Å². The third-order valence-corrected chi connectivity index (χ3v) is 4.64. The van der Waals surface area contributed by atoms with Gasteiger partial charge in [-0.2, -0.15) is 0 Å². The molecular weight excluding hydrogens is 240 g/mol. The summed E-state index contributed by atoms with van der Waals surface area (Å²) in [5.41, 5.74) is 0. The molecule has 0 radical (unpaired) electrons. The minimum atomic E-state index is -2.86. The van der Waals surface area contributed by atoms with Crippen LogP contribution in [0.5, 0.6) is 0 Å². The van der Waals surface area contributed by atoms with Crippen molar-refractivity contribution in [3.8, 4) is 0 Å². The number of hydrogen-bond acceptors (Lipinski definition) is 5. The van der Waals surface area contributed by atoms with Crippen molar-refractivity contribution in [3.63, 3.8) is 0 Å². The number of sulfone groups is 1. The van der Waals surface area contributed by atoms with Gasteiger partial charge in [-0.1, -0.05) is 13.8 Å². The normalized spacial score (nSPS) is 23.4. The summed E-state index contributed by atoms with van der Waals surface area (Å²) in [6.07, 6.45) is 2.30. The Kier molecular flexibility index (Phi) is 3.53. The van der Waals surface area contributed by atoms with E-state index in [0.717, 1.165) is 0 Å². The first-order chi connectivity index (χ1) is 7.96. The van der Waals surface area contributed by atoms with Crippen LogP contribution < -0.4 is 5.32 Å². The Balaban J connectivity index is 1.99. The van der Waals surface area contributed by atoms with E-state index >= 15 is 0 Å². The SMILES string of the molecule is CC(C)NCc1ncc(C2CCS(=O)(=O)C2)o1. The second-order valence-electron chi connectivity index (χ2n) is 4.79. The molecule has 0 aliphatic carbocycles. The van der Waals surface area contributed by atoms with Gasteiger partial charge in [0.1, 0.15) is 5.76 Å². The molecule has 6 heteroatoms. The summed E-state index contributed by atoms with van der Waals surface area (Å²) in [5, 5.41) is 3.21. The molecule has 0 spiro atoms. The van der Waals surface area contributed by atoms with E-state index in [1.165, 1.54) is 0 Å². The van der Waals surface area contributed by atoms with E-state index in [2.05, 4.69) is 10.3 Å². The molecule has 2 heterocycles. The highest BCUT2D eigenvalue weighted by Gasteiger charge is 2.31. The van der Waals surface area contributed by atoms with Gasteiger partial charge in [0.05, 0.1) is 24.2 Å². The summed E-state index contributed by atoms with van der Waals surface area (Å²) >= 11 is 0. The maximum atomic E-state index is 11.4. The molecule has 1 unspecified atom stereocenters. The topological polar surface area (TPSA) is 72.2 Å². The zero-order valence-corrected chi connectivity index (χ0v) is 11.0. The molecule has 1 aliphatic heterocycles. The zero-order chi connectivity index (χ0) is 12.5. The average molecular weight is 258 g/mol. The third kappa shape index (κ3) is 3.29. The molecule has 5 nitrogen and oxygen atoms in total. The van der Waals surface area contributed by atoms with Crippen molar-refractivity contribution in [1.82, 2.24) is 10.3 Å². The first kappa shape index (κ1) is 12.6. The highest BCUT2D eigenvalue weighted by atomic mass is 32.2. The van der Waals surface area contributed by atoms with Crippen molar-refractivity contribution < 1.29 is 12.8 Å². The van der Waals surface area contributed by atoms with Crippen LogP contribution in [0.4, 0.5) is 0 Å². The molecular formula is C11H18N2O3S. The number of oxazole rings is 1. The maximum absolute atomic E-state index is 11.4. The van der Waals surface area contributed by atoms with Gasteiger partial charge in [0.25, 0.3) is 0 Å². The minimum absolute atomic E-state index is 0.0136. The fraction of sp³-hybridized carbons (Fsp3) is 0.727. The van der Waals surface area contributed by atoms with E-state index in [4.69, 9.17) is 4.42 Å². The second-order valence-corrected chi connectivity index (χ2v) is 7.02. The highest BCUT2D eigenvalue weighted by molar-refractivity contribution is 7.91. The van der Waals surface area contributed by atoms with Gasteiger partial charge in [0.15, 0.2) is 9.84 Å².